The normalized spacial score (nSPS) is 14.7. The lowest BCUT2D eigenvalue weighted by molar-refractivity contribution is -0.137. The fourth-order valence-electron chi connectivity index (χ4n) is 2.90. The van der Waals surface area contributed by atoms with Gasteiger partial charge in [0, 0.05) is 16.7 Å². The summed E-state index contributed by atoms with van der Waals surface area (Å²) < 4.78 is 91.8. The molecule has 1 unspecified atom stereocenters. The maximum atomic E-state index is 13.6. The summed E-state index contributed by atoms with van der Waals surface area (Å²) in [6.45, 7) is 5.89. The second kappa shape index (κ2) is 10.0. The zero-order valence-electron chi connectivity index (χ0n) is 18.3. The molecule has 0 spiro atoms. The molecule has 2 N–H and O–H groups in total. The summed E-state index contributed by atoms with van der Waals surface area (Å²) >= 11 is 0. The summed E-state index contributed by atoms with van der Waals surface area (Å²) in [7, 11) is -2.46. The van der Waals surface area contributed by atoms with Crippen molar-refractivity contribution < 1.29 is 30.9 Å². The average Bonchev–Trinajstić information content (AvgIpc) is 2.66. The van der Waals surface area contributed by atoms with E-state index in [9.17, 15) is 30.9 Å². The molecule has 180 valence electrons. The summed E-state index contributed by atoms with van der Waals surface area (Å²) in [5.74, 6) is -0.632. The number of allylic oxidation sites excluding steroid dienone is 1. The molecule has 11 heteroatoms. The van der Waals surface area contributed by atoms with E-state index in [0.717, 1.165) is 25.1 Å². The molecule has 33 heavy (non-hydrogen) atoms. The van der Waals surface area contributed by atoms with E-state index in [1.54, 1.807) is 37.6 Å². The van der Waals surface area contributed by atoms with E-state index in [2.05, 4.69) is 15.6 Å². The summed E-state index contributed by atoms with van der Waals surface area (Å²) in [4.78, 5) is 4.04. The molecule has 0 aliphatic heterocycles. The molecule has 0 heterocycles. The molecule has 1 atom stereocenters. The SMILES string of the molecule is C/C=C(\C(=N/C(C)Nc1ccc(P(C)(C)=O)cc1)Nc1cccc(C(F)(F)F)c1)C(F)(F)F. The largest absolute Gasteiger partial charge is 0.419 e. The molecule has 2 aromatic carbocycles. The third-order valence-electron chi connectivity index (χ3n) is 4.49. The van der Waals surface area contributed by atoms with E-state index in [1.165, 1.54) is 13.0 Å². The molecular weight excluding hydrogens is 467 g/mol. The fourth-order valence-corrected chi connectivity index (χ4v) is 3.76. The Bertz CT molecular complexity index is 1070. The van der Waals surface area contributed by atoms with Crippen molar-refractivity contribution in [2.45, 2.75) is 32.4 Å². The lowest BCUT2D eigenvalue weighted by atomic mass is 10.1. The predicted octanol–water partition coefficient (Wildman–Crippen LogP) is 6.73. The van der Waals surface area contributed by atoms with Crippen LogP contribution >= 0.6 is 7.14 Å². The molecule has 0 aliphatic rings. The van der Waals surface area contributed by atoms with Crippen molar-refractivity contribution in [3.8, 4) is 0 Å². The van der Waals surface area contributed by atoms with Gasteiger partial charge in [0.2, 0.25) is 0 Å². The zero-order valence-corrected chi connectivity index (χ0v) is 19.2. The Morgan fingerprint density at radius 2 is 1.61 bits per heavy atom. The molecule has 0 saturated carbocycles. The van der Waals surface area contributed by atoms with Crippen LogP contribution < -0.4 is 15.9 Å². The minimum atomic E-state index is -4.78. The first kappa shape index (κ1) is 26.5. The smallest absolute Gasteiger partial charge is 0.364 e. The first-order valence-corrected chi connectivity index (χ1v) is 12.4. The number of nitrogens with one attached hydrogen (secondary N) is 2. The van der Waals surface area contributed by atoms with Gasteiger partial charge in [-0.2, -0.15) is 26.3 Å². The van der Waals surface area contributed by atoms with Crippen LogP contribution in [0, 0.1) is 0 Å². The van der Waals surface area contributed by atoms with E-state index in [4.69, 9.17) is 0 Å². The second-order valence-corrected chi connectivity index (χ2v) is 10.8. The van der Waals surface area contributed by atoms with Gasteiger partial charge in [0.05, 0.1) is 11.1 Å². The Morgan fingerprint density at radius 3 is 2.09 bits per heavy atom. The van der Waals surface area contributed by atoms with Gasteiger partial charge in [-0.3, -0.25) is 0 Å². The monoisotopic (exact) mass is 491 g/mol. The van der Waals surface area contributed by atoms with Crippen LogP contribution in [-0.2, 0) is 10.7 Å². The second-order valence-electron chi connectivity index (χ2n) is 7.60. The highest BCUT2D eigenvalue weighted by Crippen LogP contribution is 2.35. The molecule has 0 saturated heterocycles. The van der Waals surface area contributed by atoms with Crippen molar-refractivity contribution in [3.63, 3.8) is 0 Å². The van der Waals surface area contributed by atoms with E-state index in [1.807, 2.05) is 0 Å². The summed E-state index contributed by atoms with van der Waals surface area (Å²) in [5.41, 5.74) is -1.79. The molecule has 2 rings (SSSR count). The van der Waals surface area contributed by atoms with Gasteiger partial charge in [-0.05, 0) is 69.6 Å². The molecule has 0 aliphatic carbocycles. The predicted molar refractivity (Wildman–Crippen MR) is 121 cm³/mol. The molecule has 0 aromatic heterocycles. The number of amidine groups is 1. The van der Waals surface area contributed by atoms with Crippen LogP contribution in [0.4, 0.5) is 37.7 Å². The summed E-state index contributed by atoms with van der Waals surface area (Å²) in [6.07, 6.45) is -9.52. The highest BCUT2D eigenvalue weighted by molar-refractivity contribution is 7.70. The highest BCUT2D eigenvalue weighted by Gasteiger charge is 2.37. The minimum absolute atomic E-state index is 0.189. The van der Waals surface area contributed by atoms with E-state index in [0.29, 0.717) is 17.1 Å². The molecule has 0 bridgehead atoms. The lowest BCUT2D eigenvalue weighted by Gasteiger charge is -2.20. The Morgan fingerprint density at radius 1 is 1.00 bits per heavy atom. The fraction of sp³-hybridized carbons (Fsp3) is 0.318. The van der Waals surface area contributed by atoms with Crippen molar-refractivity contribution in [2.24, 2.45) is 4.99 Å². The number of rotatable bonds is 6. The highest BCUT2D eigenvalue weighted by atomic mass is 31.2. The number of hydrogen-bond donors (Lipinski definition) is 2. The third-order valence-corrected chi connectivity index (χ3v) is 6.03. The number of anilines is 2. The Balaban J connectivity index is 2.36. The van der Waals surface area contributed by atoms with Crippen molar-refractivity contribution in [2.75, 3.05) is 24.0 Å². The van der Waals surface area contributed by atoms with Crippen LogP contribution in [0.1, 0.15) is 19.4 Å². The maximum absolute atomic E-state index is 13.6. The van der Waals surface area contributed by atoms with Crippen LogP contribution in [-0.4, -0.2) is 31.5 Å². The van der Waals surface area contributed by atoms with Gasteiger partial charge in [0.1, 0.15) is 19.1 Å². The molecule has 0 radical (unpaired) electrons. The Kier molecular flexibility index (Phi) is 8.06. The molecule has 0 amide bonds. The van der Waals surface area contributed by atoms with Crippen molar-refractivity contribution in [1.29, 1.82) is 0 Å². The van der Waals surface area contributed by atoms with Crippen LogP contribution in [0.25, 0.3) is 0 Å². The van der Waals surface area contributed by atoms with Gasteiger partial charge in [-0.25, -0.2) is 4.99 Å². The first-order chi connectivity index (χ1) is 15.1. The van der Waals surface area contributed by atoms with E-state index < -0.39 is 42.6 Å². The van der Waals surface area contributed by atoms with E-state index >= 15 is 0 Å². The van der Waals surface area contributed by atoms with Gasteiger partial charge >= 0.3 is 12.4 Å². The van der Waals surface area contributed by atoms with Crippen LogP contribution in [0.5, 0.6) is 0 Å². The number of aliphatic imine (C=N–C) groups is 1. The van der Waals surface area contributed by atoms with Crippen molar-refractivity contribution >= 4 is 29.7 Å². The molecule has 2 aromatic rings. The number of hydrogen-bond acceptors (Lipinski definition) is 3. The average molecular weight is 491 g/mol. The quantitative estimate of drug-likeness (QED) is 0.204. The van der Waals surface area contributed by atoms with Gasteiger partial charge in [-0.15, -0.1) is 0 Å². The number of alkyl halides is 6. The summed E-state index contributed by atoms with van der Waals surface area (Å²) in [6, 6.07) is 10.4. The van der Waals surface area contributed by atoms with Crippen LogP contribution in [0.15, 0.2) is 65.2 Å². The van der Waals surface area contributed by atoms with E-state index in [-0.39, 0.29) is 5.69 Å². The van der Waals surface area contributed by atoms with Crippen molar-refractivity contribution in [3.05, 3.63) is 65.7 Å². The van der Waals surface area contributed by atoms with Crippen molar-refractivity contribution in [1.82, 2.24) is 0 Å². The number of halogens is 6. The van der Waals surface area contributed by atoms with Crippen LogP contribution in [0.3, 0.4) is 0 Å². The lowest BCUT2D eigenvalue weighted by Crippen LogP contribution is -2.28. The van der Waals surface area contributed by atoms with Gasteiger partial charge in [-0.1, -0.05) is 12.1 Å². The maximum Gasteiger partial charge on any atom is 0.419 e. The Hall–Kier alpha value is -2.74. The van der Waals surface area contributed by atoms with Gasteiger partial charge in [0.25, 0.3) is 0 Å². The standard InChI is InChI=1S/C22H24F6N3OP/c1-5-19(22(26,27)28)20(31-17-8-6-7-15(13-17)21(23,24)25)30-14(2)29-16-9-11-18(12-10-16)33(3,4)32/h5-14,29H,1-4H3,(H,30,31)/b19-5+. The number of nitrogens with zero attached hydrogens (tertiary/aromatic N) is 1. The molecular formula is C22H24F6N3OP. The third kappa shape index (κ3) is 7.67. The number of benzene rings is 2. The topological polar surface area (TPSA) is 53.5 Å². The van der Waals surface area contributed by atoms with Crippen LogP contribution in [0.2, 0.25) is 0 Å². The summed E-state index contributed by atoms with van der Waals surface area (Å²) in [5, 5.41) is 5.93. The van der Waals surface area contributed by atoms with Gasteiger partial charge < -0.3 is 15.2 Å². The molecule has 4 nitrogen and oxygen atoms in total. The first-order valence-electron chi connectivity index (χ1n) is 9.79. The Labute approximate surface area is 188 Å². The van der Waals surface area contributed by atoms with Gasteiger partial charge in [0.15, 0.2) is 0 Å². The minimum Gasteiger partial charge on any atom is -0.364 e. The molecule has 0 fully saturated rings. The zero-order chi connectivity index (χ0) is 25.0.